The molecular formula is C17H15FN2. The highest BCUT2D eigenvalue weighted by Crippen LogP contribution is 2.31. The maximum absolute atomic E-state index is 13.0. The maximum Gasteiger partial charge on any atom is 0.141 e. The number of halogens is 1. The van der Waals surface area contributed by atoms with Gasteiger partial charge in [0, 0.05) is 0 Å². The molecule has 1 atom stereocenters. The smallest absolute Gasteiger partial charge is 0.141 e. The van der Waals surface area contributed by atoms with Gasteiger partial charge in [-0.25, -0.2) is 4.39 Å². The number of hydrogen-bond acceptors (Lipinski definition) is 2. The molecule has 1 heterocycles. The minimum absolute atomic E-state index is 0.359. The van der Waals surface area contributed by atoms with Crippen molar-refractivity contribution in [3.05, 3.63) is 77.9 Å². The highest BCUT2D eigenvalue weighted by molar-refractivity contribution is 5.87. The van der Waals surface area contributed by atoms with E-state index < -0.39 is 5.54 Å². The fourth-order valence-electron chi connectivity index (χ4n) is 2.50. The van der Waals surface area contributed by atoms with E-state index in [1.807, 2.05) is 49.4 Å². The molecule has 3 rings (SSSR count). The first-order valence-corrected chi connectivity index (χ1v) is 6.48. The van der Waals surface area contributed by atoms with Gasteiger partial charge in [-0.3, -0.25) is 4.98 Å². The van der Waals surface area contributed by atoms with E-state index in [-0.39, 0.29) is 5.82 Å². The second kappa shape index (κ2) is 4.69. The Morgan fingerprint density at radius 2 is 1.75 bits per heavy atom. The fourth-order valence-corrected chi connectivity index (χ4v) is 2.50. The first kappa shape index (κ1) is 12.8. The van der Waals surface area contributed by atoms with Crippen molar-refractivity contribution in [2.45, 2.75) is 12.5 Å². The topological polar surface area (TPSA) is 38.9 Å². The Morgan fingerprint density at radius 3 is 2.50 bits per heavy atom. The molecule has 3 heteroatoms. The Hall–Kier alpha value is -2.26. The van der Waals surface area contributed by atoms with Gasteiger partial charge in [0.15, 0.2) is 0 Å². The van der Waals surface area contributed by atoms with Gasteiger partial charge in [-0.2, -0.15) is 0 Å². The molecule has 0 aliphatic carbocycles. The van der Waals surface area contributed by atoms with Crippen LogP contribution >= 0.6 is 0 Å². The van der Waals surface area contributed by atoms with Crippen LogP contribution in [0.5, 0.6) is 0 Å². The van der Waals surface area contributed by atoms with E-state index in [9.17, 15) is 4.39 Å². The summed E-state index contributed by atoms with van der Waals surface area (Å²) in [6.07, 6.45) is 1.20. The third-order valence-electron chi connectivity index (χ3n) is 3.61. The number of fused-ring (bicyclic) bond motifs is 1. The van der Waals surface area contributed by atoms with Crippen LogP contribution in [-0.4, -0.2) is 4.98 Å². The number of rotatable bonds is 2. The molecule has 0 saturated heterocycles. The van der Waals surface area contributed by atoms with Crippen LogP contribution in [0.4, 0.5) is 4.39 Å². The Kier molecular flexibility index (Phi) is 2.99. The monoisotopic (exact) mass is 266 g/mol. The summed E-state index contributed by atoms with van der Waals surface area (Å²) in [4.78, 5) is 4.13. The van der Waals surface area contributed by atoms with Crippen molar-refractivity contribution < 1.29 is 4.39 Å². The van der Waals surface area contributed by atoms with Crippen molar-refractivity contribution in [1.29, 1.82) is 0 Å². The molecule has 3 aromatic rings. The van der Waals surface area contributed by atoms with E-state index in [1.165, 1.54) is 12.3 Å². The lowest BCUT2D eigenvalue weighted by Crippen LogP contribution is -2.35. The molecule has 1 unspecified atom stereocenters. The predicted molar refractivity (Wildman–Crippen MR) is 78.8 cm³/mol. The maximum atomic E-state index is 13.0. The Morgan fingerprint density at radius 1 is 1.00 bits per heavy atom. The molecule has 0 bridgehead atoms. The third kappa shape index (κ3) is 2.06. The molecule has 2 N–H and O–H groups in total. The van der Waals surface area contributed by atoms with Crippen molar-refractivity contribution in [1.82, 2.24) is 4.98 Å². The highest BCUT2D eigenvalue weighted by atomic mass is 19.1. The van der Waals surface area contributed by atoms with Gasteiger partial charge < -0.3 is 5.73 Å². The summed E-state index contributed by atoms with van der Waals surface area (Å²) >= 11 is 0. The van der Waals surface area contributed by atoms with Gasteiger partial charge in [0.25, 0.3) is 0 Å². The normalized spacial score (nSPS) is 14.2. The summed E-state index contributed by atoms with van der Waals surface area (Å²) in [5, 5.41) is 2.22. The molecule has 1 aromatic heterocycles. The number of benzene rings is 2. The number of aromatic nitrogens is 1. The molecule has 2 aromatic carbocycles. The van der Waals surface area contributed by atoms with Gasteiger partial charge in [0.05, 0.1) is 17.4 Å². The van der Waals surface area contributed by atoms with E-state index in [0.717, 1.165) is 16.3 Å². The van der Waals surface area contributed by atoms with Crippen LogP contribution in [0.3, 0.4) is 0 Å². The predicted octanol–water partition coefficient (Wildman–Crippen LogP) is 3.60. The lowest BCUT2D eigenvalue weighted by atomic mass is 9.86. The van der Waals surface area contributed by atoms with E-state index in [0.29, 0.717) is 5.69 Å². The van der Waals surface area contributed by atoms with E-state index in [4.69, 9.17) is 5.73 Å². The third-order valence-corrected chi connectivity index (χ3v) is 3.61. The summed E-state index contributed by atoms with van der Waals surface area (Å²) in [6.45, 7) is 1.90. The fraction of sp³-hybridized carbons (Fsp3) is 0.118. The standard InChI is InChI=1S/C17H15FN2/c1-17(19,16-10-9-13(18)11-20-16)15-8-4-6-12-5-2-3-7-14(12)15/h2-11H,19H2,1H3. The Balaban J connectivity index is 2.20. The summed E-state index contributed by atoms with van der Waals surface area (Å²) in [5.41, 5.74) is 7.35. The Labute approximate surface area is 117 Å². The van der Waals surface area contributed by atoms with Gasteiger partial charge in [-0.15, -0.1) is 0 Å². The molecule has 2 nitrogen and oxygen atoms in total. The molecule has 0 amide bonds. The van der Waals surface area contributed by atoms with Crippen LogP contribution in [0.1, 0.15) is 18.2 Å². The van der Waals surface area contributed by atoms with Crippen molar-refractivity contribution >= 4 is 10.8 Å². The minimum Gasteiger partial charge on any atom is -0.317 e. The van der Waals surface area contributed by atoms with E-state index >= 15 is 0 Å². The summed E-state index contributed by atoms with van der Waals surface area (Å²) in [7, 11) is 0. The quantitative estimate of drug-likeness (QED) is 0.769. The molecule has 0 aliphatic heterocycles. The molecule has 100 valence electrons. The van der Waals surface area contributed by atoms with Crippen molar-refractivity contribution in [3.8, 4) is 0 Å². The molecule has 0 radical (unpaired) electrons. The van der Waals surface area contributed by atoms with Crippen LogP contribution in [0.15, 0.2) is 60.8 Å². The SMILES string of the molecule is CC(N)(c1ccc(F)cn1)c1cccc2ccccc12. The van der Waals surface area contributed by atoms with Gasteiger partial charge in [-0.1, -0.05) is 42.5 Å². The summed E-state index contributed by atoms with van der Waals surface area (Å²) < 4.78 is 13.0. The number of nitrogens with two attached hydrogens (primary N) is 1. The van der Waals surface area contributed by atoms with Crippen LogP contribution in [0.25, 0.3) is 10.8 Å². The van der Waals surface area contributed by atoms with Crippen molar-refractivity contribution in [2.75, 3.05) is 0 Å². The Bertz CT molecular complexity index is 743. The van der Waals surface area contributed by atoms with Gasteiger partial charge in [-0.05, 0) is 35.4 Å². The number of nitrogens with zero attached hydrogens (tertiary/aromatic N) is 1. The van der Waals surface area contributed by atoms with Crippen LogP contribution in [-0.2, 0) is 5.54 Å². The lowest BCUT2D eigenvalue weighted by molar-refractivity contribution is 0.571. The molecule has 0 spiro atoms. The zero-order valence-electron chi connectivity index (χ0n) is 11.2. The average Bonchev–Trinajstić information content (AvgIpc) is 2.47. The van der Waals surface area contributed by atoms with E-state index in [1.54, 1.807) is 6.07 Å². The number of hydrogen-bond donors (Lipinski definition) is 1. The molecule has 0 aliphatic rings. The second-order valence-electron chi connectivity index (χ2n) is 5.09. The van der Waals surface area contributed by atoms with Gasteiger partial charge in [0.2, 0.25) is 0 Å². The molecule has 0 fully saturated rings. The van der Waals surface area contributed by atoms with Crippen molar-refractivity contribution in [3.63, 3.8) is 0 Å². The van der Waals surface area contributed by atoms with Crippen LogP contribution < -0.4 is 5.73 Å². The first-order valence-electron chi connectivity index (χ1n) is 6.48. The molecule has 0 saturated carbocycles. The van der Waals surface area contributed by atoms with Crippen LogP contribution in [0, 0.1) is 5.82 Å². The first-order chi connectivity index (χ1) is 9.59. The minimum atomic E-state index is -0.769. The van der Waals surface area contributed by atoms with E-state index in [2.05, 4.69) is 4.98 Å². The van der Waals surface area contributed by atoms with Gasteiger partial charge in [0.1, 0.15) is 5.82 Å². The zero-order valence-corrected chi connectivity index (χ0v) is 11.2. The summed E-state index contributed by atoms with van der Waals surface area (Å²) in [5.74, 6) is -0.359. The zero-order chi connectivity index (χ0) is 14.2. The largest absolute Gasteiger partial charge is 0.317 e. The lowest BCUT2D eigenvalue weighted by Gasteiger charge is -2.26. The van der Waals surface area contributed by atoms with Crippen molar-refractivity contribution in [2.24, 2.45) is 5.73 Å². The molecule has 20 heavy (non-hydrogen) atoms. The highest BCUT2D eigenvalue weighted by Gasteiger charge is 2.27. The second-order valence-corrected chi connectivity index (χ2v) is 5.09. The number of pyridine rings is 1. The summed E-state index contributed by atoms with van der Waals surface area (Å²) in [6, 6.07) is 17.1. The average molecular weight is 266 g/mol. The van der Waals surface area contributed by atoms with Gasteiger partial charge >= 0.3 is 0 Å². The molecular weight excluding hydrogens is 251 g/mol. The van der Waals surface area contributed by atoms with Crippen LogP contribution in [0.2, 0.25) is 0 Å².